The summed E-state index contributed by atoms with van der Waals surface area (Å²) in [6, 6.07) is 3.01. The summed E-state index contributed by atoms with van der Waals surface area (Å²) in [5.41, 5.74) is 0.552. The van der Waals surface area contributed by atoms with E-state index in [4.69, 9.17) is 0 Å². The summed E-state index contributed by atoms with van der Waals surface area (Å²) in [5, 5.41) is 6.38. The van der Waals surface area contributed by atoms with Crippen molar-refractivity contribution in [1.29, 1.82) is 0 Å². The largest absolute Gasteiger partial charge is 0.324 e. The van der Waals surface area contributed by atoms with Crippen molar-refractivity contribution in [2.75, 3.05) is 12.4 Å². The molecule has 13 heteroatoms. The lowest BCUT2D eigenvalue weighted by atomic mass is 10.1. The third kappa shape index (κ3) is 4.28. The molecule has 0 spiro atoms. The average molecular weight is 486 g/mol. The second-order valence-corrected chi connectivity index (χ2v) is 10.2. The van der Waals surface area contributed by atoms with E-state index in [2.05, 4.69) is 15.1 Å². The Morgan fingerprint density at radius 1 is 1.22 bits per heavy atom. The Labute approximate surface area is 185 Å². The van der Waals surface area contributed by atoms with E-state index in [9.17, 15) is 26.4 Å². The number of hydrogen-bond acceptors (Lipinski definition) is 5. The minimum atomic E-state index is -4.01. The van der Waals surface area contributed by atoms with Crippen molar-refractivity contribution in [3.05, 3.63) is 59.0 Å². The molecule has 3 heterocycles. The number of anilines is 1. The van der Waals surface area contributed by atoms with E-state index < -0.39 is 45.7 Å². The predicted octanol–water partition coefficient (Wildman–Crippen LogP) is 2.78. The van der Waals surface area contributed by atoms with Crippen molar-refractivity contribution in [3.63, 3.8) is 0 Å². The fourth-order valence-electron chi connectivity index (χ4n) is 3.39. The number of nitrogens with zero attached hydrogens (tertiary/aromatic N) is 3. The zero-order valence-corrected chi connectivity index (χ0v) is 18.5. The summed E-state index contributed by atoms with van der Waals surface area (Å²) in [7, 11) is -1.01. The molecule has 0 bridgehead atoms. The van der Waals surface area contributed by atoms with E-state index in [0.717, 1.165) is 14.7 Å². The number of rotatable bonds is 4. The molecule has 0 saturated carbocycles. The lowest BCUT2D eigenvalue weighted by molar-refractivity contribution is -0.120. The first kappa shape index (κ1) is 22.5. The van der Waals surface area contributed by atoms with Gasteiger partial charge in [-0.1, -0.05) is 0 Å². The van der Waals surface area contributed by atoms with Crippen molar-refractivity contribution in [3.8, 4) is 10.4 Å². The van der Waals surface area contributed by atoms with Crippen LogP contribution in [0, 0.1) is 17.5 Å². The highest BCUT2D eigenvalue weighted by atomic mass is 32.2. The molecule has 1 saturated heterocycles. The maximum absolute atomic E-state index is 13.5. The van der Waals surface area contributed by atoms with Crippen molar-refractivity contribution < 1.29 is 26.4 Å². The van der Waals surface area contributed by atoms with Gasteiger partial charge in [0.2, 0.25) is 5.91 Å². The number of amides is 1. The standard InChI is InChI=1S/C19H18F3N5O3S2/c1-26-9-10(8-23-26)16-3-4-17(31-16)14-7-15(27(2)32(29,30)25-14)19(28)24-11-5-12(20)18(22)13(21)6-11/h3-6,8-9,14-15,25H,7H2,1-2H3,(H,24,28). The number of benzene rings is 1. The summed E-state index contributed by atoms with van der Waals surface area (Å²) < 4.78 is 70.4. The van der Waals surface area contributed by atoms with Crippen molar-refractivity contribution in [1.82, 2.24) is 18.8 Å². The highest BCUT2D eigenvalue weighted by molar-refractivity contribution is 7.87. The zero-order chi connectivity index (χ0) is 23.2. The van der Waals surface area contributed by atoms with Crippen LogP contribution in [-0.2, 0) is 22.1 Å². The highest BCUT2D eigenvalue weighted by Crippen LogP contribution is 2.36. The van der Waals surface area contributed by atoms with Gasteiger partial charge in [-0.3, -0.25) is 9.48 Å². The molecule has 2 unspecified atom stereocenters. The average Bonchev–Trinajstić information content (AvgIpc) is 3.37. The first-order chi connectivity index (χ1) is 15.0. The van der Waals surface area contributed by atoms with Crippen LogP contribution in [0.1, 0.15) is 17.3 Å². The number of carbonyl (C=O) groups is 1. The predicted molar refractivity (Wildman–Crippen MR) is 112 cm³/mol. The molecule has 1 aliphatic heterocycles. The number of hydrogen-bond donors (Lipinski definition) is 2. The van der Waals surface area contributed by atoms with Crippen LogP contribution >= 0.6 is 11.3 Å². The number of aryl methyl sites for hydroxylation is 1. The minimum absolute atomic E-state index is 0.0702. The Morgan fingerprint density at radius 3 is 2.53 bits per heavy atom. The monoisotopic (exact) mass is 485 g/mol. The van der Waals surface area contributed by atoms with Gasteiger partial charge in [-0.05, 0) is 18.6 Å². The van der Waals surface area contributed by atoms with Crippen LogP contribution in [0.15, 0.2) is 36.7 Å². The second kappa shape index (κ2) is 8.31. The molecule has 32 heavy (non-hydrogen) atoms. The first-order valence-corrected chi connectivity index (χ1v) is 11.6. The van der Waals surface area contributed by atoms with Crippen LogP contribution < -0.4 is 10.0 Å². The first-order valence-electron chi connectivity index (χ1n) is 9.34. The molecule has 1 amide bonds. The van der Waals surface area contributed by atoms with Gasteiger partial charge in [-0.25, -0.2) is 13.2 Å². The second-order valence-electron chi connectivity index (χ2n) is 7.29. The highest BCUT2D eigenvalue weighted by Gasteiger charge is 2.41. The van der Waals surface area contributed by atoms with Gasteiger partial charge < -0.3 is 5.32 Å². The molecule has 1 aliphatic rings. The van der Waals surface area contributed by atoms with Gasteiger partial charge in [-0.2, -0.15) is 22.5 Å². The maximum atomic E-state index is 13.5. The third-order valence-electron chi connectivity index (χ3n) is 5.08. The molecule has 170 valence electrons. The van der Waals surface area contributed by atoms with E-state index in [1.807, 2.05) is 12.3 Å². The number of nitrogens with one attached hydrogen (secondary N) is 2. The number of likely N-dealkylation sites (N-methyl/N-ethyl adjacent to an activating group) is 1. The molecular weight excluding hydrogens is 467 g/mol. The molecule has 0 aliphatic carbocycles. The smallest absolute Gasteiger partial charge is 0.280 e. The molecule has 0 radical (unpaired) electrons. The summed E-state index contributed by atoms with van der Waals surface area (Å²) in [5.74, 6) is -5.39. The van der Waals surface area contributed by atoms with Crippen LogP contribution in [0.5, 0.6) is 0 Å². The molecule has 2 aromatic heterocycles. The Balaban J connectivity index is 1.58. The molecule has 8 nitrogen and oxygen atoms in total. The van der Waals surface area contributed by atoms with E-state index in [-0.39, 0.29) is 12.1 Å². The summed E-state index contributed by atoms with van der Waals surface area (Å²) in [6.07, 6.45) is 3.58. The van der Waals surface area contributed by atoms with E-state index in [1.165, 1.54) is 18.4 Å². The Kier molecular flexibility index (Phi) is 5.83. The zero-order valence-electron chi connectivity index (χ0n) is 16.8. The van der Waals surface area contributed by atoms with Crippen molar-refractivity contribution in [2.45, 2.75) is 18.5 Å². The summed E-state index contributed by atoms with van der Waals surface area (Å²) in [6.45, 7) is 0. The topological polar surface area (TPSA) is 96.3 Å². The number of carbonyl (C=O) groups excluding carboxylic acids is 1. The normalized spacial score (nSPS) is 20.9. The van der Waals surface area contributed by atoms with Crippen LogP contribution in [0.2, 0.25) is 0 Å². The molecule has 3 aromatic rings. The van der Waals surface area contributed by atoms with Crippen molar-refractivity contribution in [2.24, 2.45) is 7.05 Å². The van der Waals surface area contributed by atoms with Gasteiger partial charge in [0.1, 0.15) is 6.04 Å². The minimum Gasteiger partial charge on any atom is -0.324 e. The Morgan fingerprint density at radius 2 is 1.91 bits per heavy atom. The van der Waals surface area contributed by atoms with Gasteiger partial charge >= 0.3 is 0 Å². The van der Waals surface area contributed by atoms with E-state index in [1.54, 1.807) is 24.0 Å². The van der Waals surface area contributed by atoms with Gasteiger partial charge in [0, 0.05) is 53.4 Å². The SMILES string of the molecule is CN1C(C(=O)Nc2cc(F)c(F)c(F)c2)CC(c2ccc(-c3cnn(C)c3)s2)NS1(=O)=O. The molecule has 4 rings (SSSR count). The van der Waals surface area contributed by atoms with E-state index >= 15 is 0 Å². The fraction of sp³-hybridized carbons (Fsp3) is 0.263. The fourth-order valence-corrected chi connectivity index (χ4v) is 5.78. The lowest BCUT2D eigenvalue weighted by Crippen LogP contribution is -2.55. The molecule has 1 fully saturated rings. The van der Waals surface area contributed by atoms with Crippen molar-refractivity contribution >= 4 is 33.1 Å². The Bertz CT molecular complexity index is 1270. The van der Waals surface area contributed by atoms with Crippen LogP contribution in [0.4, 0.5) is 18.9 Å². The quantitative estimate of drug-likeness (QED) is 0.556. The summed E-state index contributed by atoms with van der Waals surface area (Å²) in [4.78, 5) is 14.4. The Hall–Kier alpha value is -2.74. The van der Waals surface area contributed by atoms with Crippen LogP contribution in [0.25, 0.3) is 10.4 Å². The van der Waals surface area contributed by atoms with Crippen LogP contribution in [-0.4, -0.2) is 41.5 Å². The van der Waals surface area contributed by atoms with E-state index in [0.29, 0.717) is 17.0 Å². The number of halogens is 3. The molecule has 1 aromatic carbocycles. The summed E-state index contributed by atoms with van der Waals surface area (Å²) >= 11 is 1.36. The molecular formula is C19H18F3N5O3S2. The van der Waals surface area contributed by atoms with Gasteiger partial charge in [-0.15, -0.1) is 11.3 Å². The van der Waals surface area contributed by atoms with Gasteiger partial charge in [0.25, 0.3) is 10.2 Å². The molecule has 2 N–H and O–H groups in total. The lowest BCUT2D eigenvalue weighted by Gasteiger charge is -2.35. The number of thiophene rings is 1. The third-order valence-corrected chi connectivity index (χ3v) is 7.92. The number of aromatic nitrogens is 2. The molecule has 2 atom stereocenters. The maximum Gasteiger partial charge on any atom is 0.280 e. The van der Waals surface area contributed by atoms with Gasteiger partial charge in [0.05, 0.1) is 12.2 Å². The van der Waals surface area contributed by atoms with Gasteiger partial charge in [0.15, 0.2) is 17.5 Å². The van der Waals surface area contributed by atoms with Crippen LogP contribution in [0.3, 0.4) is 0 Å².